The number of carbonyl (C=O) groups is 2. The predicted molar refractivity (Wildman–Crippen MR) is 80.1 cm³/mol. The molecule has 0 saturated heterocycles. The average Bonchev–Trinajstić information content (AvgIpc) is 2.49. The molecule has 2 rings (SSSR count). The molecule has 2 aromatic carbocycles. The van der Waals surface area contributed by atoms with Crippen LogP contribution in [0, 0.1) is 11.6 Å². The Morgan fingerprint density at radius 3 is 2.24 bits per heavy atom. The van der Waals surface area contributed by atoms with Gasteiger partial charge in [0.25, 0.3) is 5.91 Å². The van der Waals surface area contributed by atoms with Crippen molar-refractivity contribution in [1.29, 1.82) is 0 Å². The summed E-state index contributed by atoms with van der Waals surface area (Å²) in [5.74, 6) is -3.81. The Morgan fingerprint density at radius 2 is 1.64 bits per heavy atom. The SMILES string of the molecule is CC(=O)Nc1ccc(NC(=O)c2cc(F)ccc2F)c(C(F)(F)F)c1. The maximum absolute atomic E-state index is 13.6. The van der Waals surface area contributed by atoms with E-state index >= 15 is 0 Å². The van der Waals surface area contributed by atoms with Gasteiger partial charge in [0.1, 0.15) is 11.6 Å². The van der Waals surface area contributed by atoms with Crippen LogP contribution in [0.4, 0.5) is 33.3 Å². The van der Waals surface area contributed by atoms with Crippen molar-refractivity contribution in [3.05, 3.63) is 59.2 Å². The number of hydrogen-bond donors (Lipinski definition) is 2. The lowest BCUT2D eigenvalue weighted by atomic mass is 10.1. The van der Waals surface area contributed by atoms with E-state index in [1.165, 1.54) is 0 Å². The van der Waals surface area contributed by atoms with E-state index in [4.69, 9.17) is 0 Å². The molecule has 0 unspecified atom stereocenters. The molecule has 0 spiro atoms. The van der Waals surface area contributed by atoms with Gasteiger partial charge in [0.05, 0.1) is 16.8 Å². The third-order valence-electron chi connectivity index (χ3n) is 3.07. The highest BCUT2D eigenvalue weighted by molar-refractivity contribution is 6.05. The van der Waals surface area contributed by atoms with Gasteiger partial charge in [0, 0.05) is 12.6 Å². The van der Waals surface area contributed by atoms with E-state index in [-0.39, 0.29) is 5.69 Å². The van der Waals surface area contributed by atoms with Crippen molar-refractivity contribution in [1.82, 2.24) is 0 Å². The average molecular weight is 358 g/mol. The van der Waals surface area contributed by atoms with E-state index in [0.717, 1.165) is 25.1 Å². The zero-order valence-corrected chi connectivity index (χ0v) is 12.7. The van der Waals surface area contributed by atoms with Gasteiger partial charge in [0.15, 0.2) is 0 Å². The van der Waals surface area contributed by atoms with Gasteiger partial charge in [-0.15, -0.1) is 0 Å². The first-order valence-corrected chi connectivity index (χ1v) is 6.83. The summed E-state index contributed by atoms with van der Waals surface area (Å²) in [6, 6.07) is 4.70. The van der Waals surface area contributed by atoms with Crippen LogP contribution >= 0.6 is 0 Å². The van der Waals surface area contributed by atoms with E-state index in [2.05, 4.69) is 5.32 Å². The molecule has 2 amide bonds. The maximum Gasteiger partial charge on any atom is 0.418 e. The lowest BCUT2D eigenvalue weighted by Gasteiger charge is -2.15. The smallest absolute Gasteiger partial charge is 0.326 e. The number of hydrogen-bond acceptors (Lipinski definition) is 2. The molecule has 9 heteroatoms. The van der Waals surface area contributed by atoms with Crippen molar-refractivity contribution >= 4 is 23.2 Å². The number of carbonyl (C=O) groups excluding carboxylic acids is 2. The summed E-state index contributed by atoms with van der Waals surface area (Å²) >= 11 is 0. The Labute approximate surface area is 138 Å². The highest BCUT2D eigenvalue weighted by Crippen LogP contribution is 2.36. The van der Waals surface area contributed by atoms with E-state index in [1.54, 1.807) is 0 Å². The van der Waals surface area contributed by atoms with Crippen LogP contribution in [0.25, 0.3) is 0 Å². The molecule has 25 heavy (non-hydrogen) atoms. The van der Waals surface area contributed by atoms with Crippen LogP contribution in [-0.4, -0.2) is 11.8 Å². The Morgan fingerprint density at radius 1 is 0.960 bits per heavy atom. The molecule has 132 valence electrons. The minimum absolute atomic E-state index is 0.130. The molecule has 0 aromatic heterocycles. The van der Waals surface area contributed by atoms with Crippen molar-refractivity contribution in [3.63, 3.8) is 0 Å². The quantitative estimate of drug-likeness (QED) is 0.808. The van der Waals surface area contributed by atoms with Crippen molar-refractivity contribution < 1.29 is 31.5 Å². The highest BCUT2D eigenvalue weighted by Gasteiger charge is 2.34. The molecule has 0 aliphatic carbocycles. The maximum atomic E-state index is 13.6. The second-order valence-electron chi connectivity index (χ2n) is 5.02. The van der Waals surface area contributed by atoms with Gasteiger partial charge in [0.2, 0.25) is 5.91 Å². The number of rotatable bonds is 3. The summed E-state index contributed by atoms with van der Waals surface area (Å²) in [6.07, 6.45) is -4.85. The summed E-state index contributed by atoms with van der Waals surface area (Å²) in [5.41, 5.74) is -2.77. The Hall–Kier alpha value is -2.97. The second kappa shape index (κ2) is 6.88. The fraction of sp³-hybridized carbons (Fsp3) is 0.125. The van der Waals surface area contributed by atoms with Crippen LogP contribution in [-0.2, 0) is 11.0 Å². The Bertz CT molecular complexity index is 834. The first-order chi connectivity index (χ1) is 11.6. The first-order valence-electron chi connectivity index (χ1n) is 6.83. The standard InChI is InChI=1S/C16H11F5N2O2/c1-8(24)22-10-3-5-14(12(7-10)16(19,20)21)23-15(25)11-6-9(17)2-4-13(11)18/h2-7H,1H3,(H,22,24)(H,23,25). The largest absolute Gasteiger partial charge is 0.418 e. The van der Waals surface area contributed by atoms with Crippen LogP contribution in [0.3, 0.4) is 0 Å². The topological polar surface area (TPSA) is 58.2 Å². The second-order valence-corrected chi connectivity index (χ2v) is 5.02. The Balaban J connectivity index is 2.39. The van der Waals surface area contributed by atoms with Crippen molar-refractivity contribution in [2.45, 2.75) is 13.1 Å². The van der Waals surface area contributed by atoms with Gasteiger partial charge in [-0.05, 0) is 36.4 Å². The normalized spacial score (nSPS) is 11.1. The fourth-order valence-corrected chi connectivity index (χ4v) is 2.03. The zero-order chi connectivity index (χ0) is 18.8. The van der Waals surface area contributed by atoms with E-state index in [0.29, 0.717) is 18.2 Å². The molecule has 0 atom stereocenters. The molecule has 0 saturated carbocycles. The molecule has 0 radical (unpaired) electrons. The molecule has 0 aliphatic rings. The number of nitrogens with one attached hydrogen (secondary N) is 2. The first kappa shape index (κ1) is 18.4. The van der Waals surface area contributed by atoms with Crippen LogP contribution in [0.5, 0.6) is 0 Å². The summed E-state index contributed by atoms with van der Waals surface area (Å²) < 4.78 is 66.2. The number of alkyl halides is 3. The summed E-state index contributed by atoms with van der Waals surface area (Å²) in [6.45, 7) is 1.12. The molecule has 2 aromatic rings. The van der Waals surface area contributed by atoms with Crippen molar-refractivity contribution in [2.75, 3.05) is 10.6 Å². The van der Waals surface area contributed by atoms with E-state index in [9.17, 15) is 31.5 Å². The molecule has 0 bridgehead atoms. The third kappa shape index (κ3) is 4.52. The molecule has 0 fully saturated rings. The molecule has 0 heterocycles. The van der Waals surface area contributed by atoms with Gasteiger partial charge in [-0.25, -0.2) is 8.78 Å². The number of anilines is 2. The van der Waals surface area contributed by atoms with Crippen LogP contribution in [0.2, 0.25) is 0 Å². The van der Waals surface area contributed by atoms with E-state index in [1.807, 2.05) is 5.32 Å². The minimum Gasteiger partial charge on any atom is -0.326 e. The minimum atomic E-state index is -4.85. The fourth-order valence-electron chi connectivity index (χ4n) is 2.03. The lowest BCUT2D eigenvalue weighted by Crippen LogP contribution is -2.18. The van der Waals surface area contributed by atoms with Crippen LogP contribution < -0.4 is 10.6 Å². The van der Waals surface area contributed by atoms with Gasteiger partial charge in [-0.3, -0.25) is 9.59 Å². The highest BCUT2D eigenvalue weighted by atomic mass is 19.4. The van der Waals surface area contributed by atoms with Gasteiger partial charge >= 0.3 is 6.18 Å². The van der Waals surface area contributed by atoms with Crippen LogP contribution in [0.1, 0.15) is 22.8 Å². The lowest BCUT2D eigenvalue weighted by molar-refractivity contribution is -0.137. The predicted octanol–water partition coefficient (Wildman–Crippen LogP) is 4.19. The number of amides is 2. The molecular weight excluding hydrogens is 347 g/mol. The summed E-state index contributed by atoms with van der Waals surface area (Å²) in [5, 5.41) is 4.09. The van der Waals surface area contributed by atoms with Crippen molar-refractivity contribution in [2.24, 2.45) is 0 Å². The van der Waals surface area contributed by atoms with E-state index < -0.39 is 46.4 Å². The van der Waals surface area contributed by atoms with Gasteiger partial charge in [-0.1, -0.05) is 0 Å². The Kier molecular flexibility index (Phi) is 5.05. The zero-order valence-electron chi connectivity index (χ0n) is 12.7. The molecule has 2 N–H and O–H groups in total. The molecular formula is C16H11F5N2O2. The molecule has 0 aliphatic heterocycles. The van der Waals surface area contributed by atoms with Gasteiger partial charge in [-0.2, -0.15) is 13.2 Å². The summed E-state index contributed by atoms with van der Waals surface area (Å²) in [4.78, 5) is 22.9. The third-order valence-corrected chi connectivity index (χ3v) is 3.07. The summed E-state index contributed by atoms with van der Waals surface area (Å²) in [7, 11) is 0. The monoisotopic (exact) mass is 358 g/mol. The molecule has 4 nitrogen and oxygen atoms in total. The van der Waals surface area contributed by atoms with Crippen LogP contribution in [0.15, 0.2) is 36.4 Å². The van der Waals surface area contributed by atoms with Gasteiger partial charge < -0.3 is 10.6 Å². The number of halogens is 5. The number of benzene rings is 2. The van der Waals surface area contributed by atoms with Crippen molar-refractivity contribution in [3.8, 4) is 0 Å².